The molecule has 0 amide bonds. The van der Waals surface area contributed by atoms with Gasteiger partial charge >= 0.3 is 0 Å². The van der Waals surface area contributed by atoms with E-state index in [-0.39, 0.29) is 0 Å². The lowest BCUT2D eigenvalue weighted by atomic mass is 10.0. The lowest BCUT2D eigenvalue weighted by molar-refractivity contribution is -0.0492. The largest absolute Gasteiger partial charge is 0.379 e. The molecule has 2 nitrogen and oxygen atoms in total. The van der Waals surface area contributed by atoms with Crippen LogP contribution in [0.1, 0.15) is 47.5 Å². The van der Waals surface area contributed by atoms with Crippen molar-refractivity contribution in [1.82, 2.24) is 4.90 Å². The Balaban J connectivity index is 0.000000921. The van der Waals surface area contributed by atoms with Crippen LogP contribution in [-0.2, 0) is 4.74 Å². The molecule has 0 aromatic heterocycles. The first-order valence-corrected chi connectivity index (χ1v) is 6.40. The van der Waals surface area contributed by atoms with Crippen molar-refractivity contribution in [2.75, 3.05) is 20.2 Å². The van der Waals surface area contributed by atoms with E-state index in [4.69, 9.17) is 4.74 Å². The van der Waals surface area contributed by atoms with Crippen molar-refractivity contribution >= 4 is 0 Å². The molecule has 2 heteroatoms. The normalized spacial score (nSPS) is 19.4. The van der Waals surface area contributed by atoms with Gasteiger partial charge in [0.05, 0.1) is 6.10 Å². The zero-order valence-electron chi connectivity index (χ0n) is 11.4. The smallest absolute Gasteiger partial charge is 0.0825 e. The minimum atomic E-state index is 0.501. The highest BCUT2D eigenvalue weighted by atomic mass is 16.5. The van der Waals surface area contributed by atoms with Crippen LogP contribution in [-0.4, -0.2) is 37.2 Å². The van der Waals surface area contributed by atoms with Crippen molar-refractivity contribution in [2.24, 2.45) is 5.92 Å². The minimum absolute atomic E-state index is 0.501. The van der Waals surface area contributed by atoms with Crippen LogP contribution < -0.4 is 0 Å². The highest BCUT2D eigenvalue weighted by Crippen LogP contribution is 2.19. The van der Waals surface area contributed by atoms with Gasteiger partial charge in [0.25, 0.3) is 0 Å². The van der Waals surface area contributed by atoms with Gasteiger partial charge in [0, 0.05) is 26.2 Å². The van der Waals surface area contributed by atoms with Gasteiger partial charge in [0.15, 0.2) is 0 Å². The number of nitrogens with zero attached hydrogens (tertiary/aromatic N) is 1. The molecule has 92 valence electrons. The molecule has 1 aliphatic heterocycles. The second-order valence-electron chi connectivity index (χ2n) is 4.63. The van der Waals surface area contributed by atoms with Gasteiger partial charge in [-0.3, -0.25) is 4.90 Å². The molecule has 1 aliphatic rings. The molecule has 0 N–H and O–H groups in total. The van der Waals surface area contributed by atoms with E-state index in [1.165, 1.54) is 12.8 Å². The molecule has 0 bridgehead atoms. The number of ether oxygens (including phenoxy) is 1. The first kappa shape index (κ1) is 14.9. The second-order valence-corrected chi connectivity index (χ2v) is 4.63. The number of hydrogen-bond acceptors (Lipinski definition) is 2. The molecule has 0 spiro atoms. The molecule has 1 heterocycles. The maximum absolute atomic E-state index is 5.25. The first-order chi connectivity index (χ1) is 7.13. The third-order valence-electron chi connectivity index (χ3n) is 2.99. The van der Waals surface area contributed by atoms with Crippen molar-refractivity contribution < 1.29 is 4.74 Å². The molecule has 0 aliphatic carbocycles. The summed E-state index contributed by atoms with van der Waals surface area (Å²) in [5.41, 5.74) is 0. The van der Waals surface area contributed by atoms with E-state index in [9.17, 15) is 0 Å². The molecule has 1 fully saturated rings. The molecular weight excluding hydrogens is 186 g/mol. The zero-order valence-corrected chi connectivity index (χ0v) is 11.4. The molecule has 15 heavy (non-hydrogen) atoms. The van der Waals surface area contributed by atoms with Gasteiger partial charge in [-0.1, -0.05) is 27.7 Å². The number of methoxy groups -OCH3 is 1. The van der Waals surface area contributed by atoms with E-state index in [1.807, 2.05) is 13.8 Å². The average Bonchev–Trinajstić information content (AvgIpc) is 2.16. The molecule has 0 aromatic rings. The Bertz CT molecular complexity index is 141. The highest BCUT2D eigenvalue weighted by molar-refractivity contribution is 4.84. The van der Waals surface area contributed by atoms with Gasteiger partial charge in [-0.25, -0.2) is 0 Å². The van der Waals surface area contributed by atoms with Crippen molar-refractivity contribution in [3.8, 4) is 0 Å². The van der Waals surface area contributed by atoms with Gasteiger partial charge in [-0.05, 0) is 25.7 Å². The van der Waals surface area contributed by atoms with Crippen LogP contribution in [0.3, 0.4) is 0 Å². The second kappa shape index (κ2) is 8.12. The van der Waals surface area contributed by atoms with E-state index < -0.39 is 0 Å². The van der Waals surface area contributed by atoms with Gasteiger partial charge in [0.2, 0.25) is 0 Å². The summed E-state index contributed by atoms with van der Waals surface area (Å²) in [7, 11) is 1.81. The molecule has 0 saturated carbocycles. The fourth-order valence-electron chi connectivity index (χ4n) is 1.74. The maximum atomic E-state index is 5.25. The number of rotatable bonds is 5. The van der Waals surface area contributed by atoms with E-state index in [1.54, 1.807) is 7.11 Å². The Labute approximate surface area is 96.0 Å². The van der Waals surface area contributed by atoms with Crippen LogP contribution in [0, 0.1) is 5.92 Å². The monoisotopic (exact) mass is 215 g/mol. The van der Waals surface area contributed by atoms with Crippen molar-refractivity contribution in [1.29, 1.82) is 0 Å². The minimum Gasteiger partial charge on any atom is -0.379 e. The van der Waals surface area contributed by atoms with E-state index in [0.29, 0.717) is 6.10 Å². The maximum Gasteiger partial charge on any atom is 0.0825 e. The molecule has 0 aromatic carbocycles. The Hall–Kier alpha value is -0.0800. The predicted octanol–water partition coefficient (Wildman–Crippen LogP) is 3.17. The van der Waals surface area contributed by atoms with Crippen molar-refractivity contribution in [3.05, 3.63) is 0 Å². The van der Waals surface area contributed by atoms with Crippen LogP contribution in [0.15, 0.2) is 0 Å². The lowest BCUT2D eigenvalue weighted by Crippen LogP contribution is -2.55. The van der Waals surface area contributed by atoms with Gasteiger partial charge in [-0.15, -0.1) is 0 Å². The Morgan fingerprint density at radius 1 is 1.13 bits per heavy atom. The predicted molar refractivity (Wildman–Crippen MR) is 67.3 cm³/mol. The molecule has 1 unspecified atom stereocenters. The standard InChI is InChI=1S/C11H23NO.C2H6/c1-9(2)5-6-10(3)12-7-11(8-12)13-4;1-2/h9-11H,5-8H2,1-4H3;1-2H3. The highest BCUT2D eigenvalue weighted by Gasteiger charge is 2.29. The Morgan fingerprint density at radius 2 is 1.67 bits per heavy atom. The summed E-state index contributed by atoms with van der Waals surface area (Å²) in [5, 5.41) is 0. The van der Waals surface area contributed by atoms with Crippen molar-refractivity contribution in [2.45, 2.75) is 59.6 Å². The van der Waals surface area contributed by atoms with Crippen LogP contribution in [0.5, 0.6) is 0 Å². The summed E-state index contributed by atoms with van der Waals surface area (Å²) >= 11 is 0. The molecular formula is C13H29NO. The topological polar surface area (TPSA) is 12.5 Å². The fourth-order valence-corrected chi connectivity index (χ4v) is 1.74. The van der Waals surface area contributed by atoms with Crippen LogP contribution in [0.2, 0.25) is 0 Å². The third kappa shape index (κ3) is 5.53. The van der Waals surface area contributed by atoms with Crippen LogP contribution in [0.25, 0.3) is 0 Å². The first-order valence-electron chi connectivity index (χ1n) is 6.40. The fraction of sp³-hybridized carbons (Fsp3) is 1.00. The molecule has 1 rings (SSSR count). The van der Waals surface area contributed by atoms with Gasteiger partial charge in [0.1, 0.15) is 0 Å². The summed E-state index contributed by atoms with van der Waals surface area (Å²) in [6, 6.07) is 0.744. The van der Waals surface area contributed by atoms with Gasteiger partial charge in [-0.2, -0.15) is 0 Å². The summed E-state index contributed by atoms with van der Waals surface area (Å²) in [5.74, 6) is 0.835. The van der Waals surface area contributed by atoms with Crippen LogP contribution >= 0.6 is 0 Å². The summed E-state index contributed by atoms with van der Waals surface area (Å²) in [6.45, 7) is 13.2. The van der Waals surface area contributed by atoms with E-state index >= 15 is 0 Å². The summed E-state index contributed by atoms with van der Waals surface area (Å²) < 4.78 is 5.25. The SMILES string of the molecule is CC.COC1CN(C(C)CCC(C)C)C1. The van der Waals surface area contributed by atoms with Gasteiger partial charge < -0.3 is 4.74 Å². The third-order valence-corrected chi connectivity index (χ3v) is 2.99. The van der Waals surface area contributed by atoms with Crippen LogP contribution in [0.4, 0.5) is 0 Å². The number of hydrogen-bond donors (Lipinski definition) is 0. The Morgan fingerprint density at radius 3 is 2.07 bits per heavy atom. The lowest BCUT2D eigenvalue weighted by Gasteiger charge is -2.42. The number of likely N-dealkylation sites (tertiary alicyclic amines) is 1. The van der Waals surface area contributed by atoms with E-state index in [0.717, 1.165) is 25.0 Å². The quantitative estimate of drug-likeness (QED) is 0.698. The summed E-state index contributed by atoms with van der Waals surface area (Å²) in [6.07, 6.45) is 3.17. The van der Waals surface area contributed by atoms with Crippen molar-refractivity contribution in [3.63, 3.8) is 0 Å². The zero-order chi connectivity index (χ0) is 11.8. The van der Waals surface area contributed by atoms with E-state index in [2.05, 4.69) is 25.7 Å². The molecule has 1 saturated heterocycles. The molecule has 1 atom stereocenters. The molecule has 0 radical (unpaired) electrons. The Kier molecular flexibility index (Phi) is 8.07. The summed E-state index contributed by atoms with van der Waals surface area (Å²) in [4.78, 5) is 2.51. The average molecular weight is 215 g/mol.